The molecule has 0 amide bonds. The van der Waals surface area contributed by atoms with Gasteiger partial charge in [0.2, 0.25) is 0 Å². The molecule has 0 saturated carbocycles. The molecule has 2 heterocycles. The molecule has 4 rings (SSSR count). The van der Waals surface area contributed by atoms with E-state index in [1.165, 1.54) is 22.3 Å². The lowest BCUT2D eigenvalue weighted by atomic mass is 10.1. The second-order valence-corrected chi connectivity index (χ2v) is 7.49. The number of aryl methyl sites for hydroxylation is 2. The van der Waals surface area contributed by atoms with E-state index in [1.54, 1.807) is 11.8 Å². The molecule has 0 N–H and O–H groups in total. The Morgan fingerprint density at radius 1 is 1.00 bits per heavy atom. The van der Waals surface area contributed by atoms with E-state index in [0.717, 1.165) is 28.5 Å². The maximum atomic E-state index is 4.86. The van der Waals surface area contributed by atoms with Gasteiger partial charge in [0.05, 0.1) is 23.8 Å². The second kappa shape index (κ2) is 7.34. The first-order chi connectivity index (χ1) is 12.7. The molecule has 0 spiro atoms. The highest BCUT2D eigenvalue weighted by molar-refractivity contribution is 7.98. The summed E-state index contributed by atoms with van der Waals surface area (Å²) in [6.07, 6.45) is 3.72. The molecule has 0 saturated heterocycles. The number of imidazole rings is 1. The van der Waals surface area contributed by atoms with Gasteiger partial charge in [-0.2, -0.15) is 0 Å². The van der Waals surface area contributed by atoms with E-state index in [0.29, 0.717) is 0 Å². The van der Waals surface area contributed by atoms with Crippen LogP contribution in [-0.2, 0) is 12.3 Å². The molecule has 2 aromatic carbocycles. The summed E-state index contributed by atoms with van der Waals surface area (Å²) >= 11 is 1.79. The normalized spacial score (nSPS) is 11.2. The summed E-state index contributed by atoms with van der Waals surface area (Å²) in [5.74, 6) is 0.914. The van der Waals surface area contributed by atoms with Crippen LogP contribution in [0.5, 0.6) is 0 Å². The number of fused-ring (bicyclic) bond motifs is 1. The molecule has 0 bridgehead atoms. The van der Waals surface area contributed by atoms with Crippen LogP contribution in [0.15, 0.2) is 72.1 Å². The summed E-state index contributed by atoms with van der Waals surface area (Å²) in [4.78, 5) is 9.17. The van der Waals surface area contributed by atoms with Crippen molar-refractivity contribution < 1.29 is 0 Å². The average molecular weight is 359 g/mol. The largest absolute Gasteiger partial charge is 0.313 e. The number of hydrogen-bond acceptors (Lipinski definition) is 3. The van der Waals surface area contributed by atoms with Gasteiger partial charge >= 0.3 is 0 Å². The van der Waals surface area contributed by atoms with Crippen molar-refractivity contribution in [2.75, 3.05) is 0 Å². The zero-order chi connectivity index (χ0) is 17.9. The Morgan fingerprint density at radius 3 is 2.73 bits per heavy atom. The van der Waals surface area contributed by atoms with Crippen LogP contribution in [0.2, 0.25) is 0 Å². The third-order valence-corrected chi connectivity index (χ3v) is 5.58. The predicted molar refractivity (Wildman–Crippen MR) is 109 cm³/mol. The van der Waals surface area contributed by atoms with Gasteiger partial charge in [0.1, 0.15) is 0 Å². The molecule has 0 atom stereocenters. The van der Waals surface area contributed by atoms with E-state index in [4.69, 9.17) is 4.98 Å². The lowest BCUT2D eigenvalue weighted by Gasteiger charge is -2.10. The zero-order valence-corrected chi connectivity index (χ0v) is 15.8. The van der Waals surface area contributed by atoms with Crippen LogP contribution in [-0.4, -0.2) is 14.5 Å². The van der Waals surface area contributed by atoms with Gasteiger partial charge in [-0.1, -0.05) is 65.9 Å². The molecule has 0 aliphatic rings. The van der Waals surface area contributed by atoms with Gasteiger partial charge in [0.15, 0.2) is 5.16 Å². The van der Waals surface area contributed by atoms with E-state index in [9.17, 15) is 0 Å². The summed E-state index contributed by atoms with van der Waals surface area (Å²) in [6.45, 7) is 5.10. The monoisotopic (exact) mass is 359 g/mol. The quantitative estimate of drug-likeness (QED) is 0.448. The van der Waals surface area contributed by atoms with E-state index in [-0.39, 0.29) is 0 Å². The third kappa shape index (κ3) is 3.51. The van der Waals surface area contributed by atoms with Crippen molar-refractivity contribution in [3.8, 4) is 0 Å². The minimum absolute atomic E-state index is 0.806. The molecule has 0 aliphatic heterocycles. The fourth-order valence-electron chi connectivity index (χ4n) is 3.12. The van der Waals surface area contributed by atoms with Crippen molar-refractivity contribution in [1.29, 1.82) is 0 Å². The van der Waals surface area contributed by atoms with Crippen molar-refractivity contribution in [2.24, 2.45) is 0 Å². The van der Waals surface area contributed by atoms with Crippen LogP contribution in [0.1, 0.15) is 22.3 Å². The Hall–Kier alpha value is -2.59. The molecule has 0 unspecified atom stereocenters. The van der Waals surface area contributed by atoms with Crippen LogP contribution < -0.4 is 0 Å². The second-order valence-electron chi connectivity index (χ2n) is 6.55. The summed E-state index contributed by atoms with van der Waals surface area (Å²) in [6, 6.07) is 19.2. The van der Waals surface area contributed by atoms with Crippen molar-refractivity contribution in [1.82, 2.24) is 14.5 Å². The number of aromatic nitrogens is 3. The van der Waals surface area contributed by atoms with Crippen LogP contribution in [0.3, 0.4) is 0 Å². The Kier molecular flexibility index (Phi) is 4.76. The van der Waals surface area contributed by atoms with Crippen molar-refractivity contribution in [3.63, 3.8) is 0 Å². The first-order valence-electron chi connectivity index (χ1n) is 8.74. The lowest BCUT2D eigenvalue weighted by molar-refractivity contribution is 0.729. The molecule has 26 heavy (non-hydrogen) atoms. The number of benzene rings is 2. The number of pyridine rings is 1. The van der Waals surface area contributed by atoms with E-state index < -0.39 is 0 Å². The summed E-state index contributed by atoms with van der Waals surface area (Å²) < 4.78 is 2.28. The SMILES string of the molecule is Cc1cccc(Cn2c(SCc3ccccc3C)nc3ccncc32)c1. The number of hydrogen-bond donors (Lipinski definition) is 0. The van der Waals surface area contributed by atoms with Gasteiger partial charge in [0.25, 0.3) is 0 Å². The molecule has 2 aromatic heterocycles. The minimum Gasteiger partial charge on any atom is -0.313 e. The fraction of sp³-hybridized carbons (Fsp3) is 0.182. The van der Waals surface area contributed by atoms with E-state index in [2.05, 4.69) is 71.9 Å². The highest BCUT2D eigenvalue weighted by Gasteiger charge is 2.12. The maximum absolute atomic E-state index is 4.86. The minimum atomic E-state index is 0.806. The van der Waals surface area contributed by atoms with Crippen molar-refractivity contribution >= 4 is 22.8 Å². The van der Waals surface area contributed by atoms with E-state index >= 15 is 0 Å². The average Bonchev–Trinajstić information content (AvgIpc) is 2.99. The summed E-state index contributed by atoms with van der Waals surface area (Å²) in [5.41, 5.74) is 7.32. The van der Waals surface area contributed by atoms with Gasteiger partial charge in [0, 0.05) is 11.9 Å². The standard InChI is InChI=1S/C22H21N3S/c1-16-6-5-8-18(12-16)14-25-21-13-23-11-10-20(21)24-22(25)26-15-19-9-4-3-7-17(19)2/h3-13H,14-15H2,1-2H3. The molecule has 3 nitrogen and oxygen atoms in total. The fourth-order valence-corrected chi connectivity index (χ4v) is 4.21. The highest BCUT2D eigenvalue weighted by Crippen LogP contribution is 2.28. The predicted octanol–water partition coefficient (Wildman–Crippen LogP) is 5.39. The van der Waals surface area contributed by atoms with Gasteiger partial charge in [-0.15, -0.1) is 0 Å². The summed E-state index contributed by atoms with van der Waals surface area (Å²) in [5, 5.41) is 1.04. The molecule has 0 radical (unpaired) electrons. The van der Waals surface area contributed by atoms with Gasteiger partial charge in [-0.3, -0.25) is 4.98 Å². The first-order valence-corrected chi connectivity index (χ1v) is 9.72. The van der Waals surface area contributed by atoms with Crippen LogP contribution >= 0.6 is 11.8 Å². The molecular formula is C22H21N3S. The Morgan fingerprint density at radius 2 is 1.88 bits per heavy atom. The first kappa shape index (κ1) is 16.9. The smallest absolute Gasteiger partial charge is 0.169 e. The molecule has 0 aliphatic carbocycles. The van der Waals surface area contributed by atoms with Gasteiger partial charge < -0.3 is 4.57 Å². The summed E-state index contributed by atoms with van der Waals surface area (Å²) in [7, 11) is 0. The van der Waals surface area contributed by atoms with Crippen molar-refractivity contribution in [2.45, 2.75) is 31.3 Å². The van der Waals surface area contributed by atoms with Crippen LogP contribution in [0.25, 0.3) is 11.0 Å². The zero-order valence-electron chi connectivity index (χ0n) is 15.0. The lowest BCUT2D eigenvalue weighted by Crippen LogP contribution is -2.02. The molecule has 4 aromatic rings. The third-order valence-electron chi connectivity index (χ3n) is 4.56. The number of nitrogens with zero attached hydrogens (tertiary/aromatic N) is 3. The van der Waals surface area contributed by atoms with Crippen LogP contribution in [0, 0.1) is 13.8 Å². The molecule has 0 fully saturated rings. The van der Waals surface area contributed by atoms with Crippen molar-refractivity contribution in [3.05, 3.63) is 89.2 Å². The number of thioether (sulfide) groups is 1. The Labute approximate surface area is 158 Å². The topological polar surface area (TPSA) is 30.7 Å². The molecule has 4 heteroatoms. The highest BCUT2D eigenvalue weighted by atomic mass is 32.2. The maximum Gasteiger partial charge on any atom is 0.169 e. The van der Waals surface area contributed by atoms with Gasteiger partial charge in [-0.05, 0) is 36.6 Å². The molecular weight excluding hydrogens is 338 g/mol. The Balaban J connectivity index is 1.68. The Bertz CT molecular complexity index is 1050. The van der Waals surface area contributed by atoms with Crippen LogP contribution in [0.4, 0.5) is 0 Å². The number of rotatable bonds is 5. The molecule has 130 valence electrons. The van der Waals surface area contributed by atoms with Gasteiger partial charge in [-0.25, -0.2) is 4.98 Å². The van der Waals surface area contributed by atoms with E-state index in [1.807, 2.05) is 18.5 Å².